The van der Waals surface area contributed by atoms with Crippen molar-refractivity contribution in [2.45, 2.75) is 12.8 Å². The Bertz CT molecular complexity index is 1040. The van der Waals surface area contributed by atoms with Crippen molar-refractivity contribution < 1.29 is 0 Å². The lowest BCUT2D eigenvalue weighted by atomic mass is 9.95. The van der Waals surface area contributed by atoms with E-state index < -0.39 is 0 Å². The fourth-order valence-electron chi connectivity index (χ4n) is 4.01. The van der Waals surface area contributed by atoms with Crippen LogP contribution in [0.1, 0.15) is 11.3 Å². The molecule has 0 radical (unpaired) electrons. The number of rotatable bonds is 1. The lowest BCUT2D eigenvalue weighted by Crippen LogP contribution is -2.16. The van der Waals surface area contributed by atoms with Crippen LogP contribution in [-0.4, -0.2) is 18.1 Å². The van der Waals surface area contributed by atoms with E-state index >= 15 is 0 Å². The summed E-state index contributed by atoms with van der Waals surface area (Å²) >= 11 is 0. The minimum atomic E-state index is 1.06. The summed E-state index contributed by atoms with van der Waals surface area (Å²) in [5, 5.41) is 7.52. The Kier molecular flexibility index (Phi) is 3.17. The molecule has 0 atom stereocenters. The van der Waals surface area contributed by atoms with Crippen molar-refractivity contribution in [1.29, 1.82) is 0 Å². The highest BCUT2D eigenvalue weighted by Crippen LogP contribution is 2.35. The predicted molar refractivity (Wildman–Crippen MR) is 102 cm³/mol. The Morgan fingerprint density at radius 2 is 1.62 bits per heavy atom. The van der Waals surface area contributed by atoms with Gasteiger partial charge in [0.1, 0.15) is 0 Å². The van der Waals surface area contributed by atoms with E-state index in [-0.39, 0.29) is 0 Å². The van der Waals surface area contributed by atoms with Gasteiger partial charge in [-0.05, 0) is 52.6 Å². The summed E-state index contributed by atoms with van der Waals surface area (Å²) in [6, 6.07) is 22.0. The van der Waals surface area contributed by atoms with Crippen molar-refractivity contribution in [2.75, 3.05) is 13.1 Å². The van der Waals surface area contributed by atoms with Gasteiger partial charge < -0.3 is 10.3 Å². The number of aromatic amines is 1. The van der Waals surface area contributed by atoms with Crippen molar-refractivity contribution in [2.24, 2.45) is 0 Å². The molecule has 2 heteroatoms. The molecule has 5 rings (SSSR count). The van der Waals surface area contributed by atoms with E-state index in [1.54, 1.807) is 0 Å². The SMILES string of the molecule is c1ccc2cc(-c3cccc4[nH]c5c(c34)CCNCC5)ccc2c1. The molecular weight excluding hydrogens is 292 g/mol. The second kappa shape index (κ2) is 5.50. The third-order valence-corrected chi connectivity index (χ3v) is 5.18. The average molecular weight is 312 g/mol. The predicted octanol–water partition coefficient (Wildman–Crippen LogP) is 4.68. The zero-order valence-corrected chi connectivity index (χ0v) is 13.6. The van der Waals surface area contributed by atoms with E-state index in [1.165, 1.54) is 44.1 Å². The fourth-order valence-corrected chi connectivity index (χ4v) is 4.01. The molecule has 118 valence electrons. The second-order valence-corrected chi connectivity index (χ2v) is 6.62. The van der Waals surface area contributed by atoms with Crippen LogP contribution in [0.15, 0.2) is 60.7 Å². The van der Waals surface area contributed by atoms with Crippen LogP contribution < -0.4 is 5.32 Å². The van der Waals surface area contributed by atoms with Crippen LogP contribution in [0, 0.1) is 0 Å². The zero-order chi connectivity index (χ0) is 15.9. The van der Waals surface area contributed by atoms with Crippen molar-refractivity contribution >= 4 is 21.7 Å². The van der Waals surface area contributed by atoms with Gasteiger partial charge in [0, 0.05) is 29.6 Å². The summed E-state index contributed by atoms with van der Waals surface area (Å²) in [6.45, 7) is 2.12. The monoisotopic (exact) mass is 312 g/mol. The summed E-state index contributed by atoms with van der Waals surface area (Å²) < 4.78 is 0. The number of H-pyrrole nitrogens is 1. The van der Waals surface area contributed by atoms with Crippen molar-refractivity contribution in [1.82, 2.24) is 10.3 Å². The molecule has 0 bridgehead atoms. The molecule has 2 nitrogen and oxygen atoms in total. The zero-order valence-electron chi connectivity index (χ0n) is 13.6. The first-order valence-corrected chi connectivity index (χ1v) is 8.72. The first-order valence-electron chi connectivity index (χ1n) is 8.72. The molecule has 1 aliphatic rings. The number of benzene rings is 3. The third-order valence-electron chi connectivity index (χ3n) is 5.18. The van der Waals surface area contributed by atoms with E-state index in [1.807, 2.05) is 0 Å². The number of fused-ring (bicyclic) bond motifs is 4. The number of hydrogen-bond acceptors (Lipinski definition) is 1. The first kappa shape index (κ1) is 13.8. The van der Waals surface area contributed by atoms with Crippen LogP contribution in [0.25, 0.3) is 32.8 Å². The van der Waals surface area contributed by atoms with Gasteiger partial charge in [0.25, 0.3) is 0 Å². The van der Waals surface area contributed by atoms with Crippen LogP contribution in [0.3, 0.4) is 0 Å². The minimum absolute atomic E-state index is 1.06. The topological polar surface area (TPSA) is 27.8 Å². The van der Waals surface area contributed by atoms with Gasteiger partial charge in [-0.2, -0.15) is 0 Å². The van der Waals surface area contributed by atoms with Gasteiger partial charge in [0.05, 0.1) is 0 Å². The highest BCUT2D eigenvalue weighted by atomic mass is 14.9. The van der Waals surface area contributed by atoms with Gasteiger partial charge in [-0.15, -0.1) is 0 Å². The highest BCUT2D eigenvalue weighted by molar-refractivity contribution is 6.00. The van der Waals surface area contributed by atoms with Crippen LogP contribution >= 0.6 is 0 Å². The number of aromatic nitrogens is 1. The van der Waals surface area contributed by atoms with Crippen molar-refractivity contribution in [3.63, 3.8) is 0 Å². The minimum Gasteiger partial charge on any atom is -0.358 e. The molecule has 2 N–H and O–H groups in total. The summed E-state index contributed by atoms with van der Waals surface area (Å²) in [4.78, 5) is 3.66. The molecule has 0 fully saturated rings. The second-order valence-electron chi connectivity index (χ2n) is 6.62. The molecule has 0 aliphatic carbocycles. The molecular formula is C22H20N2. The maximum atomic E-state index is 3.66. The summed E-state index contributed by atoms with van der Waals surface area (Å²) in [5.41, 5.74) is 6.82. The summed E-state index contributed by atoms with van der Waals surface area (Å²) in [7, 11) is 0. The Morgan fingerprint density at radius 1 is 0.750 bits per heavy atom. The molecule has 4 aromatic rings. The van der Waals surface area contributed by atoms with Crippen molar-refractivity contribution in [3.8, 4) is 11.1 Å². The van der Waals surface area contributed by atoms with Gasteiger partial charge in [-0.25, -0.2) is 0 Å². The molecule has 0 unspecified atom stereocenters. The van der Waals surface area contributed by atoms with Crippen molar-refractivity contribution in [3.05, 3.63) is 71.9 Å². The van der Waals surface area contributed by atoms with Gasteiger partial charge in [0.15, 0.2) is 0 Å². The third kappa shape index (κ3) is 2.15. The molecule has 1 aromatic heterocycles. The molecule has 3 aromatic carbocycles. The molecule has 2 heterocycles. The Morgan fingerprint density at radius 3 is 2.58 bits per heavy atom. The van der Waals surface area contributed by atoms with Gasteiger partial charge >= 0.3 is 0 Å². The Balaban J connectivity index is 1.77. The van der Waals surface area contributed by atoms with Crippen LogP contribution in [0.4, 0.5) is 0 Å². The smallest absolute Gasteiger partial charge is 0.0465 e. The number of nitrogens with one attached hydrogen (secondary N) is 2. The van der Waals surface area contributed by atoms with E-state index in [0.29, 0.717) is 0 Å². The van der Waals surface area contributed by atoms with Crippen LogP contribution in [0.5, 0.6) is 0 Å². The van der Waals surface area contributed by atoms with E-state index in [4.69, 9.17) is 0 Å². The maximum absolute atomic E-state index is 3.66. The highest BCUT2D eigenvalue weighted by Gasteiger charge is 2.17. The molecule has 0 amide bonds. The fraction of sp³-hybridized carbons (Fsp3) is 0.182. The van der Waals surface area contributed by atoms with Crippen LogP contribution in [0.2, 0.25) is 0 Å². The molecule has 0 spiro atoms. The van der Waals surface area contributed by atoms with Gasteiger partial charge in [0.2, 0.25) is 0 Å². The van der Waals surface area contributed by atoms with Gasteiger partial charge in [-0.3, -0.25) is 0 Å². The number of hydrogen-bond donors (Lipinski definition) is 2. The first-order chi connectivity index (χ1) is 11.9. The Hall–Kier alpha value is -2.58. The molecule has 0 saturated carbocycles. The summed E-state index contributed by atoms with van der Waals surface area (Å²) in [6.07, 6.45) is 2.18. The van der Waals surface area contributed by atoms with E-state index in [0.717, 1.165) is 25.9 Å². The van der Waals surface area contributed by atoms with Crippen LogP contribution in [-0.2, 0) is 12.8 Å². The molecule has 1 aliphatic heterocycles. The standard InChI is InChI=1S/C22H20N2/c1-2-5-16-14-17(9-8-15(16)4-1)18-6-3-7-21-22(18)19-10-12-23-13-11-20(19)24-21/h1-9,14,23-24H,10-13H2. The molecule has 0 saturated heterocycles. The Labute approximate surface area is 141 Å². The lowest BCUT2D eigenvalue weighted by molar-refractivity contribution is 0.708. The van der Waals surface area contributed by atoms with E-state index in [2.05, 4.69) is 71.0 Å². The lowest BCUT2D eigenvalue weighted by Gasteiger charge is -2.08. The van der Waals surface area contributed by atoms with E-state index in [9.17, 15) is 0 Å². The normalized spacial score (nSPS) is 14.7. The quantitative estimate of drug-likeness (QED) is 0.525. The average Bonchev–Trinajstić information content (AvgIpc) is 2.83. The maximum Gasteiger partial charge on any atom is 0.0465 e. The molecule has 24 heavy (non-hydrogen) atoms. The van der Waals surface area contributed by atoms with Gasteiger partial charge in [-0.1, -0.05) is 48.5 Å². The largest absolute Gasteiger partial charge is 0.358 e. The summed E-state index contributed by atoms with van der Waals surface area (Å²) in [5.74, 6) is 0.